The largest absolute Gasteiger partial charge is 0.481 e. The maximum absolute atomic E-state index is 12.2. The molecule has 0 aromatic rings. The molecule has 0 rings (SSSR count). The number of nitrogens with zero attached hydrogens (tertiary/aromatic N) is 1. The second kappa shape index (κ2) is 8.47. The van der Waals surface area contributed by atoms with Gasteiger partial charge >= 0.3 is 11.9 Å². The fraction of sp³-hybridized carbons (Fsp3) is 0.714. The third-order valence-electron chi connectivity index (χ3n) is 3.72. The minimum absolute atomic E-state index is 0.00143. The van der Waals surface area contributed by atoms with E-state index in [1.807, 2.05) is 0 Å². The highest BCUT2D eigenvalue weighted by Gasteiger charge is 2.39. The fourth-order valence-corrected chi connectivity index (χ4v) is 2.40. The SMILES string of the molecule is CCC(C(N)=O)C(C(=O)O)C(C)C(=O)NC[N+](C)(C)CC(=O)O. The second-order valence-corrected chi connectivity index (χ2v) is 6.26. The van der Waals surface area contributed by atoms with Gasteiger partial charge in [0.05, 0.1) is 25.9 Å². The smallest absolute Gasteiger partial charge is 0.359 e. The molecule has 9 nitrogen and oxygen atoms in total. The molecule has 0 radical (unpaired) electrons. The predicted octanol–water partition coefficient (Wildman–Crippen LogP) is -0.930. The van der Waals surface area contributed by atoms with Gasteiger partial charge in [-0.15, -0.1) is 0 Å². The molecular formula is C14H26N3O6+. The summed E-state index contributed by atoms with van der Waals surface area (Å²) in [4.78, 5) is 45.7. The second-order valence-electron chi connectivity index (χ2n) is 6.26. The number of amides is 2. The van der Waals surface area contributed by atoms with Crippen LogP contribution >= 0.6 is 0 Å². The molecule has 0 fully saturated rings. The van der Waals surface area contributed by atoms with Crippen molar-refractivity contribution in [2.75, 3.05) is 27.3 Å². The van der Waals surface area contributed by atoms with Crippen LogP contribution in [-0.2, 0) is 19.2 Å². The number of hydrogen-bond donors (Lipinski definition) is 4. The van der Waals surface area contributed by atoms with Crippen LogP contribution in [-0.4, -0.2) is 65.8 Å². The zero-order valence-corrected chi connectivity index (χ0v) is 13.9. The van der Waals surface area contributed by atoms with E-state index in [0.717, 1.165) is 0 Å². The van der Waals surface area contributed by atoms with E-state index in [4.69, 9.17) is 10.8 Å². The van der Waals surface area contributed by atoms with Crippen molar-refractivity contribution < 1.29 is 33.9 Å². The molecule has 3 atom stereocenters. The Hall–Kier alpha value is -2.16. The van der Waals surface area contributed by atoms with Crippen molar-refractivity contribution in [1.82, 2.24) is 5.32 Å². The molecule has 0 saturated heterocycles. The molecule has 132 valence electrons. The van der Waals surface area contributed by atoms with E-state index >= 15 is 0 Å². The molecule has 0 aliphatic rings. The highest BCUT2D eigenvalue weighted by molar-refractivity contribution is 5.89. The van der Waals surface area contributed by atoms with Crippen LogP contribution in [0.25, 0.3) is 0 Å². The average molecular weight is 332 g/mol. The molecule has 0 aromatic heterocycles. The van der Waals surface area contributed by atoms with Gasteiger partial charge in [0.15, 0.2) is 13.2 Å². The van der Waals surface area contributed by atoms with E-state index in [1.54, 1.807) is 21.0 Å². The minimum atomic E-state index is -1.27. The number of hydrogen-bond acceptors (Lipinski definition) is 4. The summed E-state index contributed by atoms with van der Waals surface area (Å²) in [7, 11) is 3.23. The summed E-state index contributed by atoms with van der Waals surface area (Å²) in [6.07, 6.45) is 0.213. The van der Waals surface area contributed by atoms with Gasteiger partial charge in [0.2, 0.25) is 11.8 Å². The number of rotatable bonds is 10. The van der Waals surface area contributed by atoms with Gasteiger partial charge in [-0.1, -0.05) is 13.8 Å². The fourth-order valence-electron chi connectivity index (χ4n) is 2.40. The summed E-state index contributed by atoms with van der Waals surface area (Å²) in [5, 5.41) is 20.6. The average Bonchev–Trinajstić information content (AvgIpc) is 2.38. The van der Waals surface area contributed by atoms with Gasteiger partial charge in [-0.2, -0.15) is 0 Å². The number of carboxylic acids is 2. The third kappa shape index (κ3) is 6.64. The number of likely N-dealkylation sites (N-methyl/N-ethyl adjacent to an activating group) is 1. The number of aliphatic carboxylic acids is 2. The zero-order valence-electron chi connectivity index (χ0n) is 13.9. The van der Waals surface area contributed by atoms with E-state index in [-0.39, 0.29) is 24.1 Å². The van der Waals surface area contributed by atoms with Crippen LogP contribution < -0.4 is 11.1 Å². The van der Waals surface area contributed by atoms with Gasteiger partial charge in [0.1, 0.15) is 0 Å². The summed E-state index contributed by atoms with van der Waals surface area (Å²) >= 11 is 0. The Morgan fingerprint density at radius 2 is 1.70 bits per heavy atom. The highest BCUT2D eigenvalue weighted by atomic mass is 16.4. The van der Waals surface area contributed by atoms with Gasteiger partial charge in [-0.05, 0) is 6.42 Å². The Morgan fingerprint density at radius 3 is 2.04 bits per heavy atom. The summed E-state index contributed by atoms with van der Waals surface area (Å²) in [6.45, 7) is 2.87. The van der Waals surface area contributed by atoms with Crippen LogP contribution in [0.1, 0.15) is 20.3 Å². The number of carbonyl (C=O) groups excluding carboxylic acids is 2. The number of carbonyl (C=O) groups is 4. The van der Waals surface area contributed by atoms with Crippen LogP contribution in [0, 0.1) is 17.8 Å². The predicted molar refractivity (Wildman–Crippen MR) is 80.9 cm³/mol. The van der Waals surface area contributed by atoms with E-state index < -0.39 is 41.5 Å². The molecule has 9 heteroatoms. The highest BCUT2D eigenvalue weighted by Crippen LogP contribution is 2.24. The van der Waals surface area contributed by atoms with Gasteiger partial charge in [-0.25, -0.2) is 4.79 Å². The first-order valence-corrected chi connectivity index (χ1v) is 7.26. The minimum Gasteiger partial charge on any atom is -0.481 e. The molecule has 2 amide bonds. The normalized spacial score (nSPS) is 15.3. The van der Waals surface area contributed by atoms with Gasteiger partial charge in [-0.3, -0.25) is 14.4 Å². The van der Waals surface area contributed by atoms with Crippen LogP contribution in [0.4, 0.5) is 0 Å². The van der Waals surface area contributed by atoms with Crippen LogP contribution in [0.2, 0.25) is 0 Å². The Bertz CT molecular complexity index is 477. The van der Waals surface area contributed by atoms with Crippen molar-refractivity contribution in [3.63, 3.8) is 0 Å². The number of primary amides is 1. The molecule has 23 heavy (non-hydrogen) atoms. The van der Waals surface area contributed by atoms with Crippen molar-refractivity contribution in [2.24, 2.45) is 23.5 Å². The van der Waals surface area contributed by atoms with Gasteiger partial charge in [0.25, 0.3) is 0 Å². The van der Waals surface area contributed by atoms with Crippen LogP contribution in [0.15, 0.2) is 0 Å². The topological polar surface area (TPSA) is 147 Å². The van der Waals surface area contributed by atoms with E-state index in [9.17, 15) is 24.3 Å². The monoisotopic (exact) mass is 332 g/mol. The standard InChI is InChI=1S/C14H25N3O6/c1-5-9(12(15)20)11(14(22)23)8(2)13(21)16-7-17(3,4)6-10(18)19/h8-9,11H,5-7H2,1-4H3,(H4-,15,16,18,19,20,21,22,23)/p+1. The quantitative estimate of drug-likeness (QED) is 0.300. The van der Waals surface area contributed by atoms with E-state index in [2.05, 4.69) is 5.32 Å². The number of carboxylic acid groups (broad SMARTS) is 2. The van der Waals surface area contributed by atoms with Crippen LogP contribution in [0.3, 0.4) is 0 Å². The first-order chi connectivity index (χ1) is 10.4. The first kappa shape index (κ1) is 20.8. The van der Waals surface area contributed by atoms with Crippen molar-refractivity contribution in [2.45, 2.75) is 20.3 Å². The summed E-state index contributed by atoms with van der Waals surface area (Å²) in [5.74, 6) is -6.76. The lowest BCUT2D eigenvalue weighted by Gasteiger charge is -2.30. The Balaban J connectivity index is 4.99. The van der Waals surface area contributed by atoms with Crippen molar-refractivity contribution in [1.29, 1.82) is 0 Å². The summed E-state index contributed by atoms with van der Waals surface area (Å²) < 4.78 is -0.00143. The molecule has 0 spiro atoms. The van der Waals surface area contributed by atoms with E-state index in [0.29, 0.717) is 0 Å². The lowest BCUT2D eigenvalue weighted by Crippen LogP contribution is -2.53. The molecule has 0 aromatic carbocycles. The molecule has 0 aliphatic carbocycles. The van der Waals surface area contributed by atoms with Crippen molar-refractivity contribution in [3.05, 3.63) is 0 Å². The number of nitrogens with one attached hydrogen (secondary N) is 1. The Labute approximate surface area is 135 Å². The summed E-state index contributed by atoms with van der Waals surface area (Å²) in [5.41, 5.74) is 5.22. The maximum Gasteiger partial charge on any atom is 0.359 e. The Kier molecular flexibility index (Phi) is 7.67. The number of nitrogens with two attached hydrogens (primary N) is 1. The van der Waals surface area contributed by atoms with Crippen molar-refractivity contribution >= 4 is 23.8 Å². The molecule has 0 bridgehead atoms. The molecular weight excluding hydrogens is 306 g/mol. The lowest BCUT2D eigenvalue weighted by atomic mass is 9.80. The zero-order chi connectivity index (χ0) is 18.4. The molecule has 5 N–H and O–H groups in total. The Morgan fingerprint density at radius 1 is 1.17 bits per heavy atom. The van der Waals surface area contributed by atoms with Gasteiger partial charge < -0.3 is 25.7 Å². The third-order valence-corrected chi connectivity index (χ3v) is 3.72. The molecule has 0 aliphatic heterocycles. The molecule has 0 heterocycles. The lowest BCUT2D eigenvalue weighted by molar-refractivity contribution is -0.884. The van der Waals surface area contributed by atoms with Crippen LogP contribution in [0.5, 0.6) is 0 Å². The molecule has 3 unspecified atom stereocenters. The summed E-state index contributed by atoms with van der Waals surface area (Å²) in [6, 6.07) is 0. The van der Waals surface area contributed by atoms with E-state index in [1.165, 1.54) is 6.92 Å². The van der Waals surface area contributed by atoms with Crippen molar-refractivity contribution in [3.8, 4) is 0 Å². The maximum atomic E-state index is 12.2. The number of quaternary nitrogens is 1. The van der Waals surface area contributed by atoms with Gasteiger partial charge in [0, 0.05) is 5.92 Å². The molecule has 0 saturated carbocycles. The first-order valence-electron chi connectivity index (χ1n) is 7.26.